The van der Waals surface area contributed by atoms with E-state index in [9.17, 15) is 43.5 Å². The second-order valence-electron chi connectivity index (χ2n) is 32.5. The number of ether oxygens (including phenoxy) is 3. The summed E-state index contributed by atoms with van der Waals surface area (Å²) in [4.78, 5) is 59.1. The molecule has 0 amide bonds. The third-order valence-electron chi connectivity index (χ3n) is 20.6. The van der Waals surface area contributed by atoms with Crippen LogP contribution in [0.15, 0.2) is 182 Å². The Bertz CT molecular complexity index is 2970. The van der Waals surface area contributed by atoms with Gasteiger partial charge >= 0.3 is 33.6 Å². The molecule has 0 aliphatic heterocycles. The van der Waals surface area contributed by atoms with Crippen LogP contribution in [0.3, 0.4) is 0 Å². The minimum atomic E-state index is -4.96. The van der Waals surface area contributed by atoms with Gasteiger partial charge in [0.15, 0.2) is 6.10 Å². The summed E-state index contributed by atoms with van der Waals surface area (Å²) < 4.78 is 61.6. The van der Waals surface area contributed by atoms with Crippen LogP contribution in [0, 0.1) is 0 Å². The minimum absolute atomic E-state index is 0.0705. The van der Waals surface area contributed by atoms with Crippen molar-refractivity contribution in [3.63, 3.8) is 0 Å². The normalized spacial score (nSPS) is 14.5. The van der Waals surface area contributed by atoms with Gasteiger partial charge in [0, 0.05) is 19.3 Å². The van der Waals surface area contributed by atoms with E-state index < -0.39 is 91.5 Å². The predicted molar refractivity (Wildman–Crippen MR) is 518 cm³/mol. The van der Waals surface area contributed by atoms with Gasteiger partial charge < -0.3 is 34.2 Å². The van der Waals surface area contributed by atoms with Crippen LogP contribution in [-0.2, 0) is 55.8 Å². The van der Waals surface area contributed by atoms with Crippen LogP contribution < -0.4 is 0 Å². The summed E-state index contributed by atoms with van der Waals surface area (Å²) in [7, 11) is -9.83. The molecule has 0 aliphatic carbocycles. The molecular formula is C105H178O16P2. The van der Waals surface area contributed by atoms with Gasteiger partial charge in [0.2, 0.25) is 0 Å². The third kappa shape index (κ3) is 97.1. The zero-order valence-corrected chi connectivity index (χ0v) is 79.6. The molecule has 0 fully saturated rings. The SMILES string of the molecule is CC/C=C\C/C=C\C/C=C\C/C=C\C/C=C\C/C=C\CCCCCCC(=O)OC(COC(=O)CCCCCCCCCCCCCCCCC/C=C\C/C=C\C/C=C\C/C=C\CCCCC)COP(=O)(O)OCC(O)COP(=O)(O)OCC(O)COC(=O)CCCCCCCCCCCCCCCCCCC/C=C\C/C=C\C/C=C\C/C=C\C/C=C\CC. The Balaban J connectivity index is 4.60. The number of phosphoric acid groups is 2. The fraction of sp³-hybridized carbons (Fsp3) is 0.686. The number of hydrogen-bond acceptors (Lipinski definition) is 14. The fourth-order valence-electron chi connectivity index (χ4n) is 13.2. The van der Waals surface area contributed by atoms with Gasteiger partial charge in [-0.05, 0) is 161 Å². The fourth-order valence-corrected chi connectivity index (χ4v) is 14.8. The molecule has 0 aliphatic rings. The number of aliphatic hydroxyl groups is 2. The summed E-state index contributed by atoms with van der Waals surface area (Å²) in [5.41, 5.74) is 0. The zero-order chi connectivity index (χ0) is 89.3. The van der Waals surface area contributed by atoms with Crippen LogP contribution in [0.2, 0.25) is 0 Å². The first-order valence-corrected chi connectivity index (χ1v) is 52.1. The van der Waals surface area contributed by atoms with Gasteiger partial charge in [-0.2, -0.15) is 0 Å². The number of carbonyl (C=O) groups excluding carboxylic acids is 3. The van der Waals surface area contributed by atoms with Crippen molar-refractivity contribution in [1.29, 1.82) is 0 Å². The average molecular weight is 1760 g/mol. The van der Waals surface area contributed by atoms with Gasteiger partial charge in [-0.25, -0.2) is 9.13 Å². The molecule has 123 heavy (non-hydrogen) atoms. The van der Waals surface area contributed by atoms with Crippen molar-refractivity contribution in [3.8, 4) is 0 Å². The van der Waals surface area contributed by atoms with E-state index in [1.807, 2.05) is 0 Å². The number of unbranched alkanes of at least 4 members (excludes halogenated alkanes) is 39. The molecule has 0 radical (unpaired) electrons. The smallest absolute Gasteiger partial charge is 0.463 e. The van der Waals surface area contributed by atoms with Crippen molar-refractivity contribution in [3.05, 3.63) is 182 Å². The highest BCUT2D eigenvalue weighted by molar-refractivity contribution is 7.47. The number of rotatable bonds is 92. The molecule has 0 aromatic heterocycles. The molecule has 16 nitrogen and oxygen atoms in total. The molecule has 0 spiro atoms. The summed E-state index contributed by atoms with van der Waals surface area (Å²) in [6.07, 6.45) is 127. The van der Waals surface area contributed by atoms with Gasteiger partial charge in [-0.15, -0.1) is 0 Å². The van der Waals surface area contributed by atoms with Gasteiger partial charge in [-0.1, -0.05) is 409 Å². The Morgan fingerprint density at radius 2 is 0.431 bits per heavy atom. The van der Waals surface area contributed by atoms with Crippen molar-refractivity contribution in [1.82, 2.24) is 0 Å². The molecule has 0 rings (SSSR count). The summed E-state index contributed by atoms with van der Waals surface area (Å²) in [6.45, 7) is 2.45. The van der Waals surface area contributed by atoms with E-state index in [4.69, 9.17) is 32.3 Å². The highest BCUT2D eigenvalue weighted by atomic mass is 31.2. The van der Waals surface area contributed by atoms with Crippen LogP contribution in [0.4, 0.5) is 0 Å². The van der Waals surface area contributed by atoms with Crippen molar-refractivity contribution >= 4 is 33.6 Å². The zero-order valence-electron chi connectivity index (χ0n) is 77.8. The predicted octanol–water partition coefficient (Wildman–Crippen LogP) is 30.8. The van der Waals surface area contributed by atoms with Gasteiger partial charge in [0.25, 0.3) is 0 Å². The highest BCUT2D eigenvalue weighted by Gasteiger charge is 2.30. The maximum absolute atomic E-state index is 13.1. The summed E-state index contributed by atoms with van der Waals surface area (Å²) in [5.74, 6) is -1.60. The van der Waals surface area contributed by atoms with E-state index in [2.05, 4.69) is 203 Å². The standard InChI is InChI=1S/C105H178O16P2/c1-4-7-10-13-16-19-22-25-28-31-34-37-40-42-44-46-48-49-51-53-54-56-59-61-64-67-70-73-76-79-82-85-88-91-103(108)115-94-100(106)95-117-122(111,112)118-96-101(107)97-119-123(113,114)120-99-102(121-105(110)93-90-87-84-81-78-75-72-69-66-63-58-39-36-33-30-27-24-21-18-15-12-9-6-3)98-116-104(109)92-89-86-83-80-77-74-71-68-65-62-60-57-55-52-50-47-45-43-41-38-35-32-29-26-23-20-17-14-11-8-5-2/h7,9-10,12,16-21,25-30,34-39,42-45,63,66,72,75,100-102,106-107H,4-6,8,11,13-15,22-24,31-33,40-41,46-62,64-65,67-71,73-74,76-99H2,1-3H3,(H,111,112)(H,113,114)/b10-7-,12-9-,19-16-,20-17-,21-18-,28-25-,29-26-,30-27-,37-34-,38-35-,39-36-,44-42-,45-43-,66-63-,75-72-. The van der Waals surface area contributed by atoms with Crippen LogP contribution in [0.5, 0.6) is 0 Å². The Kier molecular flexibility index (Phi) is 91.6. The number of esters is 3. The average Bonchev–Trinajstić information content (AvgIpc) is 0.893. The maximum atomic E-state index is 13.1. The second kappa shape index (κ2) is 95.7. The van der Waals surface area contributed by atoms with Crippen molar-refractivity contribution in [2.75, 3.05) is 39.6 Å². The molecule has 0 saturated carbocycles. The molecule has 0 aromatic carbocycles. The number of allylic oxidation sites excluding steroid dienone is 30. The largest absolute Gasteiger partial charge is 0.472 e. The number of carbonyl (C=O) groups is 3. The Morgan fingerprint density at radius 1 is 0.236 bits per heavy atom. The highest BCUT2D eigenvalue weighted by Crippen LogP contribution is 2.45. The lowest BCUT2D eigenvalue weighted by Gasteiger charge is -2.21. The van der Waals surface area contributed by atoms with Crippen LogP contribution in [0.1, 0.15) is 406 Å². The first kappa shape index (κ1) is 118. The van der Waals surface area contributed by atoms with Crippen molar-refractivity contribution in [2.45, 2.75) is 424 Å². The van der Waals surface area contributed by atoms with Gasteiger partial charge in [0.1, 0.15) is 25.4 Å². The first-order valence-electron chi connectivity index (χ1n) is 49.1. The van der Waals surface area contributed by atoms with Gasteiger partial charge in [0.05, 0.1) is 26.4 Å². The van der Waals surface area contributed by atoms with Crippen LogP contribution >= 0.6 is 15.6 Å². The molecule has 704 valence electrons. The van der Waals surface area contributed by atoms with Gasteiger partial charge in [-0.3, -0.25) is 32.5 Å². The van der Waals surface area contributed by atoms with E-state index in [0.29, 0.717) is 19.3 Å². The quantitative estimate of drug-likeness (QED) is 0.0146. The molecule has 0 heterocycles. The van der Waals surface area contributed by atoms with Crippen LogP contribution in [0.25, 0.3) is 0 Å². The maximum Gasteiger partial charge on any atom is 0.472 e. The van der Waals surface area contributed by atoms with Crippen molar-refractivity contribution < 1.29 is 75.8 Å². The van der Waals surface area contributed by atoms with E-state index in [0.717, 1.165) is 161 Å². The second-order valence-corrected chi connectivity index (χ2v) is 35.4. The molecule has 5 unspecified atom stereocenters. The Morgan fingerprint density at radius 3 is 0.683 bits per heavy atom. The number of phosphoric ester groups is 2. The molecule has 18 heteroatoms. The molecule has 0 aromatic rings. The van der Waals surface area contributed by atoms with E-state index in [1.165, 1.54) is 186 Å². The Labute approximate surface area is 751 Å². The summed E-state index contributed by atoms with van der Waals surface area (Å²) >= 11 is 0. The molecule has 4 N–H and O–H groups in total. The van der Waals surface area contributed by atoms with E-state index in [1.54, 1.807) is 0 Å². The lowest BCUT2D eigenvalue weighted by atomic mass is 10.0. The Hall–Kier alpha value is -5.35. The number of hydrogen-bond donors (Lipinski definition) is 4. The third-order valence-corrected chi connectivity index (χ3v) is 22.5. The van der Waals surface area contributed by atoms with Crippen molar-refractivity contribution in [2.24, 2.45) is 0 Å². The molecule has 0 bridgehead atoms. The lowest BCUT2D eigenvalue weighted by molar-refractivity contribution is -0.161. The van der Waals surface area contributed by atoms with Crippen LogP contribution in [-0.4, -0.2) is 95.9 Å². The first-order chi connectivity index (χ1) is 60.2. The lowest BCUT2D eigenvalue weighted by Crippen LogP contribution is -2.30. The van der Waals surface area contributed by atoms with E-state index in [-0.39, 0.29) is 19.3 Å². The topological polar surface area (TPSA) is 231 Å². The van der Waals surface area contributed by atoms with E-state index >= 15 is 0 Å². The molecule has 5 atom stereocenters. The monoisotopic (exact) mass is 1760 g/mol. The summed E-state index contributed by atoms with van der Waals surface area (Å²) in [6, 6.07) is 0. The molecular weight excluding hydrogens is 1580 g/mol. The molecule has 0 saturated heterocycles. The number of aliphatic hydroxyl groups excluding tert-OH is 2. The minimum Gasteiger partial charge on any atom is -0.463 e. The summed E-state index contributed by atoms with van der Waals surface area (Å²) in [5, 5.41) is 20.8.